The maximum atomic E-state index is 12.4. The Balaban J connectivity index is 1.79. The van der Waals surface area contributed by atoms with Crippen molar-refractivity contribution in [1.29, 1.82) is 0 Å². The molecule has 6 heteroatoms. The van der Waals surface area contributed by atoms with Gasteiger partial charge in [-0.05, 0) is 37.3 Å². The molecule has 1 aromatic heterocycles. The van der Waals surface area contributed by atoms with Gasteiger partial charge >= 0.3 is 0 Å². The largest absolute Gasteiger partial charge is 0.313 e. The second-order valence-electron chi connectivity index (χ2n) is 5.54. The predicted molar refractivity (Wildman–Crippen MR) is 84.8 cm³/mol. The lowest BCUT2D eigenvalue weighted by Crippen LogP contribution is -2.35. The minimum absolute atomic E-state index is 0.475. The molecule has 1 heterocycles. The van der Waals surface area contributed by atoms with E-state index in [0.29, 0.717) is 18.3 Å². The van der Waals surface area contributed by atoms with E-state index in [-0.39, 0.29) is 0 Å². The fraction of sp³-hybridized carbons (Fsp3) is 0.400. The van der Waals surface area contributed by atoms with Crippen LogP contribution in [0.1, 0.15) is 19.8 Å². The summed E-state index contributed by atoms with van der Waals surface area (Å²) in [5, 5.41) is 4.55. The Morgan fingerprint density at radius 2 is 2.14 bits per heavy atom. The van der Waals surface area contributed by atoms with Crippen LogP contribution in [0.4, 0.5) is 5.69 Å². The molecule has 1 aliphatic carbocycles. The van der Waals surface area contributed by atoms with Crippen molar-refractivity contribution in [1.82, 2.24) is 10.3 Å². The van der Waals surface area contributed by atoms with Gasteiger partial charge in [-0.1, -0.05) is 12.1 Å². The monoisotopic (exact) mass is 305 g/mol. The van der Waals surface area contributed by atoms with E-state index in [1.165, 1.54) is 0 Å². The lowest BCUT2D eigenvalue weighted by atomic mass is 10.1. The summed E-state index contributed by atoms with van der Waals surface area (Å²) in [5.41, 5.74) is 0.582. The molecule has 2 N–H and O–H groups in total. The topological polar surface area (TPSA) is 71.1 Å². The van der Waals surface area contributed by atoms with E-state index in [2.05, 4.69) is 15.0 Å². The van der Waals surface area contributed by atoms with Crippen LogP contribution < -0.4 is 10.0 Å². The van der Waals surface area contributed by atoms with Crippen molar-refractivity contribution in [3.05, 3.63) is 36.7 Å². The minimum atomic E-state index is -3.41. The number of sulfonamides is 1. The van der Waals surface area contributed by atoms with Crippen LogP contribution in [-0.2, 0) is 10.0 Å². The molecule has 0 radical (unpaired) electrons. The first-order valence-corrected chi connectivity index (χ1v) is 8.68. The second kappa shape index (κ2) is 5.61. The van der Waals surface area contributed by atoms with E-state index in [0.717, 1.165) is 23.6 Å². The standard InChI is InChI=1S/C15H19N3O2S/c1-11(9-17-13-5-6-13)21(19,20)18-15-4-2-3-12-7-8-16-10-14(12)15/h2-4,7-8,10-11,13,17-18H,5-6,9H2,1H3. The lowest BCUT2D eigenvalue weighted by Gasteiger charge is -2.16. The SMILES string of the molecule is CC(CNC1CC1)S(=O)(=O)Nc1cccc2ccncc12. The van der Waals surface area contributed by atoms with Crippen molar-refractivity contribution in [3.63, 3.8) is 0 Å². The molecule has 0 aliphatic heterocycles. The third-order valence-corrected chi connectivity index (χ3v) is 5.47. The molecule has 1 fully saturated rings. The van der Waals surface area contributed by atoms with Gasteiger partial charge in [0.15, 0.2) is 0 Å². The second-order valence-corrected chi connectivity index (χ2v) is 7.64. The average molecular weight is 305 g/mol. The van der Waals surface area contributed by atoms with Crippen molar-refractivity contribution in [2.45, 2.75) is 31.1 Å². The Bertz CT molecular complexity index is 736. The molecule has 0 bridgehead atoms. The lowest BCUT2D eigenvalue weighted by molar-refractivity contribution is 0.576. The summed E-state index contributed by atoms with van der Waals surface area (Å²) in [4.78, 5) is 4.07. The third-order valence-electron chi connectivity index (χ3n) is 3.74. The number of nitrogens with one attached hydrogen (secondary N) is 2. The van der Waals surface area contributed by atoms with Gasteiger partial charge in [0.25, 0.3) is 0 Å². The normalized spacial score (nSPS) is 16.8. The molecular weight excluding hydrogens is 286 g/mol. The van der Waals surface area contributed by atoms with Gasteiger partial charge in [-0.25, -0.2) is 8.42 Å². The summed E-state index contributed by atoms with van der Waals surface area (Å²) in [6.07, 6.45) is 5.67. The molecule has 21 heavy (non-hydrogen) atoms. The summed E-state index contributed by atoms with van der Waals surface area (Å²) in [5.74, 6) is 0. The van der Waals surface area contributed by atoms with Crippen LogP contribution in [0.15, 0.2) is 36.7 Å². The van der Waals surface area contributed by atoms with Gasteiger partial charge in [-0.2, -0.15) is 0 Å². The number of rotatable bonds is 6. The summed E-state index contributed by atoms with van der Waals surface area (Å²) in [6, 6.07) is 7.91. The van der Waals surface area contributed by atoms with Crippen LogP contribution in [-0.4, -0.2) is 31.2 Å². The Morgan fingerprint density at radius 3 is 2.90 bits per heavy atom. The fourth-order valence-corrected chi connectivity index (χ4v) is 3.19. The number of hydrogen-bond acceptors (Lipinski definition) is 4. The van der Waals surface area contributed by atoms with Crippen molar-refractivity contribution < 1.29 is 8.42 Å². The van der Waals surface area contributed by atoms with Crippen molar-refractivity contribution in [2.75, 3.05) is 11.3 Å². The zero-order chi connectivity index (χ0) is 14.9. The summed E-state index contributed by atoms with van der Waals surface area (Å²) < 4.78 is 27.5. The highest BCUT2D eigenvalue weighted by Crippen LogP contribution is 2.24. The number of nitrogens with zero attached hydrogens (tertiary/aromatic N) is 1. The van der Waals surface area contributed by atoms with Crippen LogP contribution in [0.5, 0.6) is 0 Å². The molecule has 112 valence electrons. The third kappa shape index (κ3) is 3.33. The van der Waals surface area contributed by atoms with Gasteiger partial charge in [0.05, 0.1) is 10.9 Å². The maximum absolute atomic E-state index is 12.4. The van der Waals surface area contributed by atoms with E-state index in [1.807, 2.05) is 18.2 Å². The summed E-state index contributed by atoms with van der Waals surface area (Å²) >= 11 is 0. The van der Waals surface area contributed by atoms with Crippen LogP contribution in [0.25, 0.3) is 10.8 Å². The van der Waals surface area contributed by atoms with E-state index in [9.17, 15) is 8.42 Å². The highest BCUT2D eigenvalue weighted by Gasteiger charge is 2.26. The van der Waals surface area contributed by atoms with E-state index in [1.54, 1.807) is 25.4 Å². The van der Waals surface area contributed by atoms with E-state index >= 15 is 0 Å². The summed E-state index contributed by atoms with van der Waals surface area (Å²) in [6.45, 7) is 2.20. The zero-order valence-electron chi connectivity index (χ0n) is 11.9. The van der Waals surface area contributed by atoms with Gasteiger partial charge in [-0.3, -0.25) is 9.71 Å². The molecule has 1 atom stereocenters. The predicted octanol–water partition coefficient (Wildman–Crippen LogP) is 2.12. The molecule has 5 nitrogen and oxygen atoms in total. The van der Waals surface area contributed by atoms with Crippen molar-refractivity contribution in [3.8, 4) is 0 Å². The van der Waals surface area contributed by atoms with Gasteiger partial charge in [-0.15, -0.1) is 0 Å². The fourth-order valence-electron chi connectivity index (χ4n) is 2.19. The molecule has 1 saturated carbocycles. The molecule has 0 amide bonds. The Morgan fingerprint density at radius 1 is 1.33 bits per heavy atom. The van der Waals surface area contributed by atoms with Crippen LogP contribution in [0, 0.1) is 0 Å². The molecule has 1 unspecified atom stereocenters. The van der Waals surface area contributed by atoms with E-state index < -0.39 is 15.3 Å². The zero-order valence-corrected chi connectivity index (χ0v) is 12.7. The number of benzene rings is 1. The molecule has 1 aromatic carbocycles. The van der Waals surface area contributed by atoms with Crippen molar-refractivity contribution in [2.24, 2.45) is 0 Å². The minimum Gasteiger partial charge on any atom is -0.313 e. The van der Waals surface area contributed by atoms with Gasteiger partial charge < -0.3 is 5.32 Å². The van der Waals surface area contributed by atoms with Crippen molar-refractivity contribution >= 4 is 26.5 Å². The number of fused-ring (bicyclic) bond motifs is 1. The van der Waals surface area contributed by atoms with Crippen LogP contribution >= 0.6 is 0 Å². The molecule has 0 spiro atoms. The highest BCUT2D eigenvalue weighted by atomic mass is 32.2. The van der Waals surface area contributed by atoms with Gasteiger partial charge in [0.1, 0.15) is 0 Å². The van der Waals surface area contributed by atoms with Gasteiger partial charge in [0.2, 0.25) is 10.0 Å². The Kier molecular flexibility index (Phi) is 3.82. The highest BCUT2D eigenvalue weighted by molar-refractivity contribution is 7.93. The average Bonchev–Trinajstić information content (AvgIpc) is 3.29. The molecule has 2 aromatic rings. The smallest absolute Gasteiger partial charge is 0.236 e. The van der Waals surface area contributed by atoms with E-state index in [4.69, 9.17) is 0 Å². The maximum Gasteiger partial charge on any atom is 0.236 e. The first-order chi connectivity index (χ1) is 10.1. The Hall–Kier alpha value is -1.66. The Labute approximate surface area is 124 Å². The number of aromatic nitrogens is 1. The summed E-state index contributed by atoms with van der Waals surface area (Å²) in [7, 11) is -3.41. The quantitative estimate of drug-likeness (QED) is 0.857. The number of hydrogen-bond donors (Lipinski definition) is 2. The van der Waals surface area contributed by atoms with Gasteiger partial charge in [0, 0.05) is 30.4 Å². The molecule has 1 aliphatic rings. The van der Waals surface area contributed by atoms with Crippen LogP contribution in [0.2, 0.25) is 0 Å². The first-order valence-electron chi connectivity index (χ1n) is 7.14. The van der Waals surface area contributed by atoms with Crippen LogP contribution in [0.3, 0.4) is 0 Å². The molecule has 3 rings (SSSR count). The number of anilines is 1. The molecule has 0 saturated heterocycles. The first kappa shape index (κ1) is 14.3. The number of pyridine rings is 1. The molecular formula is C15H19N3O2S.